The zero-order chi connectivity index (χ0) is 14.8. The number of rotatable bonds is 4. The molecule has 0 spiro atoms. The summed E-state index contributed by atoms with van der Waals surface area (Å²) >= 11 is 0. The molecule has 1 atom stereocenters. The third-order valence-corrected chi connectivity index (χ3v) is 2.69. The van der Waals surface area contributed by atoms with Gasteiger partial charge in [0.05, 0.1) is 0 Å². The van der Waals surface area contributed by atoms with Gasteiger partial charge in [-0.25, -0.2) is 4.98 Å². The van der Waals surface area contributed by atoms with E-state index in [0.29, 0.717) is 6.54 Å². The van der Waals surface area contributed by atoms with Crippen molar-refractivity contribution >= 4 is 0 Å². The Kier molecular flexibility index (Phi) is 4.49. The first-order valence-electron chi connectivity index (χ1n) is 5.46. The smallest absolute Gasteiger partial charge is 0.335 e. The first-order chi connectivity index (χ1) is 8.57. The Morgan fingerprint density at radius 2 is 1.74 bits per heavy atom. The Bertz CT molecular complexity index is 394. The Hall–Kier alpha value is -1.25. The summed E-state index contributed by atoms with van der Waals surface area (Å²) in [6.07, 6.45) is -8.67. The molecule has 0 aliphatic carbocycles. The lowest BCUT2D eigenvalue weighted by atomic mass is 9.96. The van der Waals surface area contributed by atoms with Crippen molar-refractivity contribution in [1.82, 2.24) is 9.55 Å². The van der Waals surface area contributed by atoms with E-state index < -0.39 is 30.7 Å². The van der Waals surface area contributed by atoms with Crippen molar-refractivity contribution in [2.75, 3.05) is 0 Å². The fourth-order valence-electron chi connectivity index (χ4n) is 1.82. The van der Waals surface area contributed by atoms with Crippen LogP contribution in [0.15, 0.2) is 12.4 Å². The maximum absolute atomic E-state index is 12.5. The van der Waals surface area contributed by atoms with Crippen LogP contribution in [0.4, 0.5) is 26.3 Å². The third kappa shape index (κ3) is 3.85. The fourth-order valence-corrected chi connectivity index (χ4v) is 1.82. The van der Waals surface area contributed by atoms with E-state index in [1.54, 1.807) is 6.92 Å². The van der Waals surface area contributed by atoms with Gasteiger partial charge in [0.2, 0.25) is 0 Å². The zero-order valence-electron chi connectivity index (χ0n) is 9.96. The lowest BCUT2D eigenvalue weighted by molar-refractivity contribution is -0.289. The maximum atomic E-state index is 12.5. The zero-order valence-corrected chi connectivity index (χ0v) is 9.96. The molecule has 0 aliphatic rings. The quantitative estimate of drug-likeness (QED) is 0.866. The predicted molar refractivity (Wildman–Crippen MR) is 55.2 cm³/mol. The normalized spacial score (nSPS) is 15.0. The number of halogens is 6. The number of alkyl halides is 6. The molecule has 19 heavy (non-hydrogen) atoms. The van der Waals surface area contributed by atoms with E-state index in [9.17, 15) is 26.3 Å². The van der Waals surface area contributed by atoms with Gasteiger partial charge in [0.1, 0.15) is 5.82 Å². The van der Waals surface area contributed by atoms with Crippen molar-refractivity contribution < 1.29 is 26.3 Å². The summed E-state index contributed by atoms with van der Waals surface area (Å²) in [7, 11) is 0. The molecule has 0 saturated heterocycles. The van der Waals surface area contributed by atoms with Crippen molar-refractivity contribution in [3.63, 3.8) is 0 Å². The number of hydrogen-bond donors (Lipinski definition) is 1. The molecule has 2 N–H and O–H groups in total. The second-order valence-electron chi connectivity index (χ2n) is 4.06. The number of imidazole rings is 1. The number of nitrogens with two attached hydrogens (primary N) is 1. The van der Waals surface area contributed by atoms with Gasteiger partial charge in [-0.1, -0.05) is 0 Å². The second kappa shape index (κ2) is 5.40. The molecule has 3 nitrogen and oxygen atoms in total. The predicted octanol–water partition coefficient (Wildman–Crippen LogP) is 2.51. The number of aryl methyl sites for hydroxylation is 1. The van der Waals surface area contributed by atoms with E-state index in [0.717, 1.165) is 0 Å². The van der Waals surface area contributed by atoms with Crippen LogP contribution in [-0.4, -0.2) is 27.9 Å². The Morgan fingerprint density at radius 1 is 1.21 bits per heavy atom. The molecule has 1 rings (SSSR count). The monoisotopic (exact) mass is 289 g/mol. The molecule has 0 saturated carbocycles. The van der Waals surface area contributed by atoms with Crippen molar-refractivity contribution in [3.8, 4) is 0 Å². The summed E-state index contributed by atoms with van der Waals surface area (Å²) in [6, 6.07) is -2.12. The van der Waals surface area contributed by atoms with E-state index in [1.165, 1.54) is 17.0 Å². The minimum absolute atomic E-state index is 0.105. The molecule has 0 bridgehead atoms. The van der Waals surface area contributed by atoms with Gasteiger partial charge in [0, 0.05) is 31.4 Å². The van der Waals surface area contributed by atoms with Crippen molar-refractivity contribution in [1.29, 1.82) is 0 Å². The van der Waals surface area contributed by atoms with E-state index in [4.69, 9.17) is 5.73 Å². The molecule has 0 aromatic carbocycles. The van der Waals surface area contributed by atoms with Crippen molar-refractivity contribution in [3.05, 3.63) is 18.2 Å². The van der Waals surface area contributed by atoms with Crippen molar-refractivity contribution in [2.24, 2.45) is 11.7 Å². The second-order valence-corrected chi connectivity index (χ2v) is 4.06. The van der Waals surface area contributed by atoms with E-state index in [1.807, 2.05) is 0 Å². The van der Waals surface area contributed by atoms with Crippen LogP contribution in [0.1, 0.15) is 12.7 Å². The molecular formula is C10H13F6N3. The summed E-state index contributed by atoms with van der Waals surface area (Å²) in [4.78, 5) is 3.72. The van der Waals surface area contributed by atoms with Crippen LogP contribution in [0.3, 0.4) is 0 Å². The van der Waals surface area contributed by atoms with Gasteiger partial charge < -0.3 is 10.3 Å². The van der Waals surface area contributed by atoms with Gasteiger partial charge in [0.25, 0.3) is 0 Å². The molecule has 0 aliphatic heterocycles. The maximum Gasteiger partial charge on any atom is 0.402 e. The highest BCUT2D eigenvalue weighted by Crippen LogP contribution is 2.41. The van der Waals surface area contributed by atoms with Gasteiger partial charge in [-0.3, -0.25) is 0 Å². The van der Waals surface area contributed by atoms with E-state index in [2.05, 4.69) is 4.98 Å². The molecule has 110 valence electrons. The molecule has 0 fully saturated rings. The summed E-state index contributed by atoms with van der Waals surface area (Å²) < 4.78 is 76.2. The van der Waals surface area contributed by atoms with Gasteiger partial charge in [-0.05, 0) is 6.92 Å². The van der Waals surface area contributed by atoms with Gasteiger partial charge >= 0.3 is 12.4 Å². The summed E-state index contributed by atoms with van der Waals surface area (Å²) in [5.74, 6) is -3.45. The highest BCUT2D eigenvalue weighted by molar-refractivity contribution is 4.98. The third-order valence-electron chi connectivity index (χ3n) is 2.69. The lowest BCUT2D eigenvalue weighted by Gasteiger charge is -2.28. The van der Waals surface area contributed by atoms with Gasteiger partial charge in [-0.2, -0.15) is 26.3 Å². The van der Waals surface area contributed by atoms with E-state index >= 15 is 0 Å². The standard InChI is InChI=1S/C10H13F6N3/c1-2-19-4-3-18-7(19)5-6(17)8(9(11,12)13)10(14,15)16/h3-4,6,8H,2,5,17H2,1H3. The summed E-state index contributed by atoms with van der Waals surface area (Å²) in [6.45, 7) is 2.09. The summed E-state index contributed by atoms with van der Waals surface area (Å²) in [5, 5.41) is 0. The molecule has 1 unspecified atom stereocenters. The number of hydrogen-bond acceptors (Lipinski definition) is 2. The van der Waals surface area contributed by atoms with Crippen LogP contribution >= 0.6 is 0 Å². The minimum atomic E-state index is -5.43. The number of nitrogens with zero attached hydrogens (tertiary/aromatic N) is 2. The molecule has 9 heteroatoms. The molecule has 1 aromatic heterocycles. The fraction of sp³-hybridized carbons (Fsp3) is 0.700. The van der Waals surface area contributed by atoms with Gasteiger partial charge in [-0.15, -0.1) is 0 Å². The average molecular weight is 289 g/mol. The summed E-state index contributed by atoms with van der Waals surface area (Å²) in [5.41, 5.74) is 5.11. The lowest BCUT2D eigenvalue weighted by Crippen LogP contribution is -2.50. The average Bonchev–Trinajstić information content (AvgIpc) is 2.59. The number of aromatic nitrogens is 2. The van der Waals surface area contributed by atoms with Gasteiger partial charge in [0.15, 0.2) is 5.92 Å². The SMILES string of the molecule is CCn1ccnc1CC(N)C(C(F)(F)F)C(F)(F)F. The van der Waals surface area contributed by atoms with Crippen LogP contribution in [-0.2, 0) is 13.0 Å². The molecular weight excluding hydrogens is 276 g/mol. The van der Waals surface area contributed by atoms with Crippen LogP contribution in [0.5, 0.6) is 0 Å². The first-order valence-corrected chi connectivity index (χ1v) is 5.46. The molecule has 0 amide bonds. The van der Waals surface area contributed by atoms with Crippen LogP contribution in [0, 0.1) is 5.92 Å². The highest BCUT2D eigenvalue weighted by Gasteiger charge is 2.59. The van der Waals surface area contributed by atoms with Crippen LogP contribution in [0.25, 0.3) is 0 Å². The molecule has 0 radical (unpaired) electrons. The topological polar surface area (TPSA) is 43.8 Å². The Labute approximate surface area is 105 Å². The van der Waals surface area contributed by atoms with E-state index in [-0.39, 0.29) is 5.82 Å². The van der Waals surface area contributed by atoms with Crippen LogP contribution in [0.2, 0.25) is 0 Å². The minimum Gasteiger partial charge on any atom is -0.335 e. The largest absolute Gasteiger partial charge is 0.402 e. The van der Waals surface area contributed by atoms with Crippen LogP contribution < -0.4 is 5.73 Å². The molecule has 1 heterocycles. The molecule has 1 aromatic rings. The Morgan fingerprint density at radius 3 is 2.16 bits per heavy atom. The highest BCUT2D eigenvalue weighted by atomic mass is 19.4. The van der Waals surface area contributed by atoms with Crippen molar-refractivity contribution in [2.45, 2.75) is 38.3 Å². The first kappa shape index (κ1) is 15.8. The Balaban J connectivity index is 2.93.